The molecule has 3 N–H and O–H groups in total. The van der Waals surface area contributed by atoms with Crippen LogP contribution in [0.4, 0.5) is 42.5 Å². The Morgan fingerprint density at radius 1 is 0.970 bits per heavy atom. The number of nitrogens with zero attached hydrogens (tertiary/aromatic N) is 3. The Balaban J connectivity index is 1.53. The van der Waals surface area contributed by atoms with Gasteiger partial charge in [-0.3, -0.25) is 4.68 Å². The van der Waals surface area contributed by atoms with E-state index in [9.17, 15) is 31.1 Å². The quantitative estimate of drug-likeness (QED) is 0.340. The van der Waals surface area contributed by atoms with Crippen LogP contribution in [0, 0.1) is 0 Å². The van der Waals surface area contributed by atoms with Gasteiger partial charge in [0, 0.05) is 30.5 Å². The maximum Gasteiger partial charge on any atom is 0.435 e. The average molecular weight is 468 g/mol. The van der Waals surface area contributed by atoms with Gasteiger partial charge in [-0.25, -0.2) is 9.78 Å². The number of amides is 2. The molecule has 0 fully saturated rings. The number of aromatic nitrogens is 4. The highest BCUT2D eigenvalue weighted by Crippen LogP contribution is 2.36. The number of aryl methyl sites for hydroxylation is 1. The number of aromatic amines is 1. The molecule has 13 heteroatoms. The van der Waals surface area contributed by atoms with Gasteiger partial charge in [-0.15, -0.1) is 0 Å². The molecule has 1 aromatic carbocycles. The topological polar surface area (TPSA) is 87.6 Å². The molecule has 172 valence electrons. The highest BCUT2D eigenvalue weighted by atomic mass is 19.4. The fraction of sp³-hybridized carbons (Fsp3) is 0.150. The van der Waals surface area contributed by atoms with E-state index < -0.39 is 29.6 Å². The predicted octanol–water partition coefficient (Wildman–Crippen LogP) is 5.65. The number of halogens is 6. The van der Waals surface area contributed by atoms with Crippen LogP contribution in [0.5, 0.6) is 0 Å². The minimum Gasteiger partial charge on any atom is -0.344 e. The van der Waals surface area contributed by atoms with E-state index in [1.807, 2.05) is 0 Å². The number of rotatable bonds is 3. The molecule has 0 aliphatic rings. The third-order valence-electron chi connectivity index (χ3n) is 4.63. The van der Waals surface area contributed by atoms with Crippen molar-refractivity contribution in [3.8, 4) is 11.3 Å². The van der Waals surface area contributed by atoms with Crippen molar-refractivity contribution < 1.29 is 31.1 Å². The van der Waals surface area contributed by atoms with Gasteiger partial charge >= 0.3 is 18.4 Å². The molecule has 2 amide bonds. The van der Waals surface area contributed by atoms with Gasteiger partial charge in [-0.2, -0.15) is 31.4 Å². The van der Waals surface area contributed by atoms with Gasteiger partial charge in [0.1, 0.15) is 5.65 Å². The Labute approximate surface area is 181 Å². The van der Waals surface area contributed by atoms with Crippen LogP contribution in [-0.2, 0) is 19.4 Å². The van der Waals surface area contributed by atoms with E-state index in [0.29, 0.717) is 5.39 Å². The molecule has 0 aliphatic carbocycles. The summed E-state index contributed by atoms with van der Waals surface area (Å²) in [6, 6.07) is 6.00. The maximum atomic E-state index is 13.2. The summed E-state index contributed by atoms with van der Waals surface area (Å²) in [5.74, 6) is 0. The van der Waals surface area contributed by atoms with Crippen molar-refractivity contribution in [3.63, 3.8) is 0 Å². The highest BCUT2D eigenvalue weighted by molar-refractivity contribution is 6.05. The summed E-state index contributed by atoms with van der Waals surface area (Å²) in [4.78, 5) is 19.2. The third-order valence-corrected chi connectivity index (χ3v) is 4.63. The van der Waals surface area contributed by atoms with Crippen LogP contribution >= 0.6 is 0 Å². The van der Waals surface area contributed by atoms with Crippen LogP contribution in [0.1, 0.15) is 11.3 Å². The molecule has 3 aromatic heterocycles. The molecule has 0 radical (unpaired) electrons. The first-order chi connectivity index (χ1) is 15.4. The maximum absolute atomic E-state index is 13.2. The van der Waals surface area contributed by atoms with E-state index in [-0.39, 0.29) is 28.3 Å². The number of carbonyl (C=O) groups excluding carboxylic acids is 1. The second kappa shape index (κ2) is 7.83. The first-order valence-corrected chi connectivity index (χ1v) is 9.26. The van der Waals surface area contributed by atoms with Gasteiger partial charge in [0.05, 0.1) is 22.5 Å². The van der Waals surface area contributed by atoms with Crippen molar-refractivity contribution in [3.05, 3.63) is 60.0 Å². The molecule has 0 saturated carbocycles. The molecule has 0 bridgehead atoms. The molecule has 0 spiro atoms. The van der Waals surface area contributed by atoms with Crippen molar-refractivity contribution in [2.24, 2.45) is 7.05 Å². The predicted molar refractivity (Wildman–Crippen MR) is 107 cm³/mol. The van der Waals surface area contributed by atoms with Crippen molar-refractivity contribution in [2.75, 3.05) is 10.6 Å². The van der Waals surface area contributed by atoms with E-state index in [1.165, 1.54) is 31.6 Å². The lowest BCUT2D eigenvalue weighted by atomic mass is 10.1. The number of urea groups is 1. The number of pyridine rings is 1. The fourth-order valence-electron chi connectivity index (χ4n) is 3.17. The number of hydrogen-bond donors (Lipinski definition) is 3. The minimum atomic E-state index is -4.66. The van der Waals surface area contributed by atoms with Gasteiger partial charge in [0.25, 0.3) is 0 Å². The zero-order valence-corrected chi connectivity index (χ0v) is 16.6. The third kappa shape index (κ3) is 4.61. The normalized spacial score (nSPS) is 12.2. The Hall–Kier alpha value is -4.03. The van der Waals surface area contributed by atoms with Crippen molar-refractivity contribution in [1.29, 1.82) is 0 Å². The van der Waals surface area contributed by atoms with Gasteiger partial charge in [-0.1, -0.05) is 0 Å². The van der Waals surface area contributed by atoms with E-state index in [0.717, 1.165) is 28.9 Å². The monoisotopic (exact) mass is 468 g/mol. The van der Waals surface area contributed by atoms with Crippen molar-refractivity contribution in [1.82, 2.24) is 19.7 Å². The number of alkyl halides is 6. The Morgan fingerprint density at radius 3 is 2.30 bits per heavy atom. The van der Waals surface area contributed by atoms with Gasteiger partial charge in [0.2, 0.25) is 0 Å². The Kier molecular flexibility index (Phi) is 5.26. The lowest BCUT2D eigenvalue weighted by Crippen LogP contribution is -2.19. The van der Waals surface area contributed by atoms with Crippen LogP contribution in [-0.4, -0.2) is 25.8 Å². The summed E-state index contributed by atoms with van der Waals surface area (Å²) in [5.41, 5.74) is -1.46. The Bertz CT molecular complexity index is 1320. The lowest BCUT2D eigenvalue weighted by molar-refractivity contribution is -0.141. The van der Waals surface area contributed by atoms with E-state index in [4.69, 9.17) is 0 Å². The van der Waals surface area contributed by atoms with E-state index in [2.05, 4.69) is 25.7 Å². The standard InChI is InChI=1S/C20H14F6N6O/c1-32-9-13(16(31-32)20(24,25)26)14-7-6-12-15(8-27-17(12)29-14)30-18(33)28-11-4-2-10(3-5-11)19(21,22)23/h2-9H,1H3,(H,27,29)(H2,28,30,33). The molecule has 7 nitrogen and oxygen atoms in total. The van der Waals surface area contributed by atoms with Gasteiger partial charge < -0.3 is 15.6 Å². The summed E-state index contributed by atoms with van der Waals surface area (Å²) in [7, 11) is 1.36. The number of benzene rings is 1. The second-order valence-electron chi connectivity index (χ2n) is 7.01. The van der Waals surface area contributed by atoms with E-state index in [1.54, 1.807) is 0 Å². The molecule has 3 heterocycles. The number of H-pyrrole nitrogens is 1. The highest BCUT2D eigenvalue weighted by Gasteiger charge is 2.37. The molecule has 0 aliphatic heterocycles. The number of anilines is 2. The van der Waals surface area contributed by atoms with Gasteiger partial charge in [0.15, 0.2) is 5.69 Å². The summed E-state index contributed by atoms with van der Waals surface area (Å²) in [6.07, 6.45) is -6.56. The van der Waals surface area contributed by atoms with Crippen LogP contribution in [0.3, 0.4) is 0 Å². The molecule has 4 rings (SSSR count). The Morgan fingerprint density at radius 2 is 1.67 bits per heavy atom. The molecular weight excluding hydrogens is 454 g/mol. The smallest absolute Gasteiger partial charge is 0.344 e. The number of nitrogens with one attached hydrogen (secondary N) is 3. The van der Waals surface area contributed by atoms with Crippen LogP contribution in [0.2, 0.25) is 0 Å². The summed E-state index contributed by atoms with van der Waals surface area (Å²) < 4.78 is 78.7. The molecule has 4 aromatic rings. The summed E-state index contributed by atoms with van der Waals surface area (Å²) in [6.45, 7) is 0. The van der Waals surface area contributed by atoms with Gasteiger partial charge in [-0.05, 0) is 36.4 Å². The minimum absolute atomic E-state index is 0.0329. The van der Waals surface area contributed by atoms with Crippen molar-refractivity contribution in [2.45, 2.75) is 12.4 Å². The van der Waals surface area contributed by atoms with Crippen LogP contribution < -0.4 is 10.6 Å². The zero-order chi connectivity index (χ0) is 24.0. The molecule has 0 saturated heterocycles. The number of hydrogen-bond acceptors (Lipinski definition) is 3. The SMILES string of the molecule is Cn1cc(-c2ccc3c(NC(=O)Nc4ccc(C(F)(F)F)cc4)c[nH]c3n2)c(C(F)(F)F)n1. The number of carbonyl (C=O) groups is 1. The average Bonchev–Trinajstić information content (AvgIpc) is 3.31. The molecule has 0 atom stereocenters. The zero-order valence-electron chi connectivity index (χ0n) is 16.6. The second-order valence-corrected chi connectivity index (χ2v) is 7.01. The lowest BCUT2D eigenvalue weighted by Gasteiger charge is -2.09. The molecule has 33 heavy (non-hydrogen) atoms. The van der Waals surface area contributed by atoms with E-state index >= 15 is 0 Å². The molecule has 0 unspecified atom stereocenters. The largest absolute Gasteiger partial charge is 0.435 e. The van der Waals surface area contributed by atoms with Crippen LogP contribution in [0.25, 0.3) is 22.3 Å². The first-order valence-electron chi connectivity index (χ1n) is 9.26. The number of fused-ring (bicyclic) bond motifs is 1. The van der Waals surface area contributed by atoms with Crippen LogP contribution in [0.15, 0.2) is 48.8 Å². The fourth-order valence-corrected chi connectivity index (χ4v) is 3.17. The summed E-state index contributed by atoms with van der Waals surface area (Å²) >= 11 is 0. The first kappa shape index (κ1) is 22.2. The van der Waals surface area contributed by atoms with Crippen molar-refractivity contribution >= 4 is 28.4 Å². The summed E-state index contributed by atoms with van der Waals surface area (Å²) in [5, 5.41) is 8.79. The molecular formula is C20H14F6N6O.